The SMILES string of the molecule is CC(C)C(C)NC(=O)c1ccnc(N(C)C)c1. The van der Waals surface area contributed by atoms with Crippen LogP contribution in [0.15, 0.2) is 18.3 Å². The van der Waals surface area contributed by atoms with Crippen LogP contribution in [0, 0.1) is 5.92 Å². The maximum atomic E-state index is 12.0. The van der Waals surface area contributed by atoms with Gasteiger partial charge in [-0.1, -0.05) is 13.8 Å². The lowest BCUT2D eigenvalue weighted by molar-refractivity contribution is 0.0930. The standard InChI is InChI=1S/C13H21N3O/c1-9(2)10(3)15-13(17)11-6-7-14-12(8-11)16(4)5/h6-10H,1-5H3,(H,15,17). The van der Waals surface area contributed by atoms with Crippen molar-refractivity contribution in [3.8, 4) is 0 Å². The van der Waals surface area contributed by atoms with E-state index in [9.17, 15) is 4.79 Å². The topological polar surface area (TPSA) is 45.2 Å². The van der Waals surface area contributed by atoms with Crippen LogP contribution >= 0.6 is 0 Å². The number of anilines is 1. The quantitative estimate of drug-likeness (QED) is 0.867. The van der Waals surface area contributed by atoms with Crippen molar-refractivity contribution in [1.29, 1.82) is 0 Å². The first-order valence-electron chi connectivity index (χ1n) is 5.86. The number of amides is 1. The van der Waals surface area contributed by atoms with E-state index in [1.54, 1.807) is 18.3 Å². The first kappa shape index (κ1) is 13.5. The summed E-state index contributed by atoms with van der Waals surface area (Å²) in [7, 11) is 3.81. The number of pyridine rings is 1. The number of aromatic nitrogens is 1. The zero-order valence-corrected chi connectivity index (χ0v) is 11.2. The third kappa shape index (κ3) is 3.73. The van der Waals surface area contributed by atoms with Crippen LogP contribution in [0.3, 0.4) is 0 Å². The molecular weight excluding hydrogens is 214 g/mol. The summed E-state index contributed by atoms with van der Waals surface area (Å²) in [5.74, 6) is 1.17. The number of carbonyl (C=O) groups is 1. The Morgan fingerprint density at radius 1 is 1.35 bits per heavy atom. The lowest BCUT2D eigenvalue weighted by atomic mass is 10.1. The van der Waals surface area contributed by atoms with E-state index in [4.69, 9.17) is 0 Å². The molecule has 1 amide bonds. The Kier molecular flexibility index (Phi) is 4.49. The Morgan fingerprint density at radius 2 is 2.00 bits per heavy atom. The van der Waals surface area contributed by atoms with E-state index in [1.165, 1.54) is 0 Å². The number of nitrogens with one attached hydrogen (secondary N) is 1. The summed E-state index contributed by atoms with van der Waals surface area (Å²) in [6.07, 6.45) is 1.66. The van der Waals surface area contributed by atoms with Crippen LogP contribution < -0.4 is 10.2 Å². The number of hydrogen-bond acceptors (Lipinski definition) is 3. The summed E-state index contributed by atoms with van der Waals surface area (Å²) in [4.78, 5) is 18.0. The van der Waals surface area contributed by atoms with Gasteiger partial charge >= 0.3 is 0 Å². The molecule has 1 N–H and O–H groups in total. The molecule has 0 aliphatic heterocycles. The third-order valence-electron chi connectivity index (χ3n) is 2.82. The zero-order valence-electron chi connectivity index (χ0n) is 11.2. The van der Waals surface area contributed by atoms with Gasteiger partial charge in [-0.3, -0.25) is 4.79 Å². The van der Waals surface area contributed by atoms with Crippen molar-refractivity contribution in [2.75, 3.05) is 19.0 Å². The van der Waals surface area contributed by atoms with Crippen molar-refractivity contribution < 1.29 is 4.79 Å². The molecule has 1 unspecified atom stereocenters. The molecule has 4 nitrogen and oxygen atoms in total. The zero-order chi connectivity index (χ0) is 13.0. The Hall–Kier alpha value is -1.58. The van der Waals surface area contributed by atoms with Crippen molar-refractivity contribution >= 4 is 11.7 Å². The van der Waals surface area contributed by atoms with Crippen LogP contribution in [0.1, 0.15) is 31.1 Å². The van der Waals surface area contributed by atoms with Crippen LogP contribution in [0.2, 0.25) is 0 Å². The first-order valence-corrected chi connectivity index (χ1v) is 5.86. The van der Waals surface area contributed by atoms with E-state index in [2.05, 4.69) is 24.1 Å². The minimum absolute atomic E-state index is 0.0447. The number of carbonyl (C=O) groups excluding carboxylic acids is 1. The van der Waals surface area contributed by atoms with Crippen LogP contribution in [0.5, 0.6) is 0 Å². The van der Waals surface area contributed by atoms with Crippen LogP contribution in [0.4, 0.5) is 5.82 Å². The molecule has 0 bridgehead atoms. The molecule has 1 aromatic heterocycles. The van der Waals surface area contributed by atoms with Gasteiger partial charge in [0.2, 0.25) is 0 Å². The minimum Gasteiger partial charge on any atom is -0.363 e. The fourth-order valence-corrected chi connectivity index (χ4v) is 1.26. The molecule has 0 radical (unpaired) electrons. The lowest BCUT2D eigenvalue weighted by Crippen LogP contribution is -2.36. The molecule has 0 saturated heterocycles. The van der Waals surface area contributed by atoms with E-state index in [0.717, 1.165) is 5.82 Å². The Morgan fingerprint density at radius 3 is 2.53 bits per heavy atom. The summed E-state index contributed by atoms with van der Waals surface area (Å²) in [5, 5.41) is 2.98. The molecule has 0 saturated carbocycles. The largest absolute Gasteiger partial charge is 0.363 e. The smallest absolute Gasteiger partial charge is 0.251 e. The lowest BCUT2D eigenvalue weighted by Gasteiger charge is -2.18. The summed E-state index contributed by atoms with van der Waals surface area (Å²) in [5.41, 5.74) is 0.649. The molecule has 1 aromatic rings. The highest BCUT2D eigenvalue weighted by molar-refractivity contribution is 5.95. The fraction of sp³-hybridized carbons (Fsp3) is 0.538. The van der Waals surface area contributed by atoms with E-state index in [-0.39, 0.29) is 11.9 Å². The van der Waals surface area contributed by atoms with Crippen molar-refractivity contribution in [2.24, 2.45) is 5.92 Å². The summed E-state index contributed by atoms with van der Waals surface area (Å²) >= 11 is 0. The van der Waals surface area contributed by atoms with Crippen molar-refractivity contribution in [3.63, 3.8) is 0 Å². The molecule has 4 heteroatoms. The normalized spacial score (nSPS) is 12.4. The number of rotatable bonds is 4. The second-order valence-corrected chi connectivity index (χ2v) is 4.80. The summed E-state index contributed by atoms with van der Waals surface area (Å²) < 4.78 is 0. The molecule has 94 valence electrons. The maximum Gasteiger partial charge on any atom is 0.251 e. The minimum atomic E-state index is -0.0447. The van der Waals surface area contributed by atoms with Gasteiger partial charge in [-0.15, -0.1) is 0 Å². The Bertz CT molecular complexity index is 388. The van der Waals surface area contributed by atoms with Gasteiger partial charge in [-0.25, -0.2) is 4.98 Å². The van der Waals surface area contributed by atoms with E-state index >= 15 is 0 Å². The summed E-state index contributed by atoms with van der Waals surface area (Å²) in [6.45, 7) is 6.18. The molecule has 1 rings (SSSR count). The van der Waals surface area contributed by atoms with Crippen molar-refractivity contribution in [3.05, 3.63) is 23.9 Å². The molecular formula is C13H21N3O. The van der Waals surface area contributed by atoms with E-state index < -0.39 is 0 Å². The fourth-order valence-electron chi connectivity index (χ4n) is 1.26. The average molecular weight is 235 g/mol. The van der Waals surface area contributed by atoms with Gasteiger partial charge in [0.05, 0.1) is 0 Å². The Balaban J connectivity index is 2.79. The van der Waals surface area contributed by atoms with Gasteiger partial charge in [-0.2, -0.15) is 0 Å². The molecule has 0 aromatic carbocycles. The van der Waals surface area contributed by atoms with Gasteiger partial charge in [0.15, 0.2) is 0 Å². The number of nitrogens with zero attached hydrogens (tertiary/aromatic N) is 2. The maximum absolute atomic E-state index is 12.0. The molecule has 0 fully saturated rings. The van der Waals surface area contributed by atoms with Gasteiger partial charge in [0.1, 0.15) is 5.82 Å². The first-order chi connectivity index (χ1) is 7.91. The van der Waals surface area contributed by atoms with Gasteiger partial charge in [0, 0.05) is 31.9 Å². The number of hydrogen-bond donors (Lipinski definition) is 1. The van der Waals surface area contributed by atoms with Crippen LogP contribution in [-0.2, 0) is 0 Å². The predicted octanol–water partition coefficient (Wildman–Crippen LogP) is 1.92. The highest BCUT2D eigenvalue weighted by Gasteiger charge is 2.13. The second kappa shape index (κ2) is 5.66. The highest BCUT2D eigenvalue weighted by atomic mass is 16.1. The molecule has 0 spiro atoms. The van der Waals surface area contributed by atoms with E-state index in [1.807, 2.05) is 25.9 Å². The monoisotopic (exact) mass is 235 g/mol. The van der Waals surface area contributed by atoms with Crippen LogP contribution in [-0.4, -0.2) is 31.0 Å². The molecule has 0 aliphatic carbocycles. The highest BCUT2D eigenvalue weighted by Crippen LogP contribution is 2.10. The van der Waals surface area contributed by atoms with Crippen LogP contribution in [0.25, 0.3) is 0 Å². The third-order valence-corrected chi connectivity index (χ3v) is 2.82. The van der Waals surface area contributed by atoms with Gasteiger partial charge in [0.25, 0.3) is 5.91 Å². The van der Waals surface area contributed by atoms with Gasteiger partial charge in [-0.05, 0) is 25.0 Å². The van der Waals surface area contributed by atoms with Crippen molar-refractivity contribution in [1.82, 2.24) is 10.3 Å². The van der Waals surface area contributed by atoms with Gasteiger partial charge < -0.3 is 10.2 Å². The molecule has 0 aliphatic rings. The summed E-state index contributed by atoms with van der Waals surface area (Å²) in [6, 6.07) is 3.69. The molecule has 1 atom stereocenters. The van der Waals surface area contributed by atoms with E-state index in [0.29, 0.717) is 11.5 Å². The average Bonchev–Trinajstić information content (AvgIpc) is 2.28. The molecule has 1 heterocycles. The van der Waals surface area contributed by atoms with Crippen molar-refractivity contribution in [2.45, 2.75) is 26.8 Å². The Labute approximate surface area is 103 Å². The molecule has 17 heavy (non-hydrogen) atoms. The second-order valence-electron chi connectivity index (χ2n) is 4.80. The predicted molar refractivity (Wildman–Crippen MR) is 70.3 cm³/mol.